The molecule has 1 heterocycles. The van der Waals surface area contributed by atoms with E-state index in [0.717, 1.165) is 0 Å². The summed E-state index contributed by atoms with van der Waals surface area (Å²) in [6.07, 6.45) is 4.48. The maximum atomic E-state index is 12.9. The number of ketones is 1. The van der Waals surface area contributed by atoms with Crippen molar-refractivity contribution in [3.8, 4) is 5.75 Å². The zero-order valence-electron chi connectivity index (χ0n) is 17.8. The van der Waals surface area contributed by atoms with Gasteiger partial charge in [0.2, 0.25) is 11.8 Å². The summed E-state index contributed by atoms with van der Waals surface area (Å²) in [5.74, 6) is -1.47. The summed E-state index contributed by atoms with van der Waals surface area (Å²) in [6.45, 7) is 1.54. The minimum atomic E-state index is -0.663. The van der Waals surface area contributed by atoms with E-state index in [-0.39, 0.29) is 40.9 Å². The van der Waals surface area contributed by atoms with Crippen molar-refractivity contribution in [1.29, 1.82) is 0 Å². The maximum Gasteiger partial charge on any atom is 0.338 e. The van der Waals surface area contributed by atoms with Crippen LogP contribution in [0.25, 0.3) is 0 Å². The molecule has 7 nitrogen and oxygen atoms in total. The number of anilines is 1. The average Bonchev–Trinajstić information content (AvgIpc) is 3.08. The third-order valence-electron chi connectivity index (χ3n) is 5.98. The Balaban J connectivity index is 1.40. The van der Waals surface area contributed by atoms with Gasteiger partial charge >= 0.3 is 5.97 Å². The smallest absolute Gasteiger partial charge is 0.338 e. The van der Waals surface area contributed by atoms with Crippen LogP contribution in [-0.2, 0) is 14.3 Å². The van der Waals surface area contributed by atoms with Crippen molar-refractivity contribution in [2.24, 2.45) is 17.8 Å². The highest BCUT2D eigenvalue weighted by Crippen LogP contribution is 2.40. The van der Waals surface area contributed by atoms with Gasteiger partial charge in [0.15, 0.2) is 12.4 Å². The van der Waals surface area contributed by atoms with Crippen LogP contribution in [0.3, 0.4) is 0 Å². The van der Waals surface area contributed by atoms with Crippen LogP contribution >= 0.6 is 0 Å². The van der Waals surface area contributed by atoms with Crippen LogP contribution in [0.2, 0.25) is 0 Å². The first-order valence-electron chi connectivity index (χ1n) is 10.4. The van der Waals surface area contributed by atoms with Crippen molar-refractivity contribution in [3.05, 3.63) is 71.8 Å². The first-order chi connectivity index (χ1) is 15.4. The molecule has 1 fully saturated rings. The molecule has 4 rings (SSSR count). The van der Waals surface area contributed by atoms with Crippen molar-refractivity contribution in [2.75, 3.05) is 18.6 Å². The third-order valence-corrected chi connectivity index (χ3v) is 5.98. The second kappa shape index (κ2) is 8.78. The second-order valence-corrected chi connectivity index (χ2v) is 7.94. The molecule has 2 aliphatic rings. The fourth-order valence-electron chi connectivity index (χ4n) is 4.22. The van der Waals surface area contributed by atoms with Crippen LogP contribution in [0.5, 0.6) is 5.75 Å². The lowest BCUT2D eigenvalue weighted by molar-refractivity contribution is -0.122. The summed E-state index contributed by atoms with van der Waals surface area (Å²) in [5, 5.41) is 0. The molecule has 0 N–H and O–H groups in total. The van der Waals surface area contributed by atoms with Gasteiger partial charge in [0.25, 0.3) is 0 Å². The highest BCUT2D eigenvalue weighted by molar-refractivity contribution is 6.22. The van der Waals surface area contributed by atoms with Gasteiger partial charge in [-0.05, 0) is 60.9 Å². The fraction of sp³-hybridized carbons (Fsp3) is 0.280. The molecule has 1 saturated heterocycles. The number of rotatable bonds is 6. The number of benzene rings is 2. The van der Waals surface area contributed by atoms with E-state index in [1.54, 1.807) is 36.4 Å². The molecule has 7 heteroatoms. The lowest BCUT2D eigenvalue weighted by Gasteiger charge is -2.22. The zero-order valence-corrected chi connectivity index (χ0v) is 17.8. The Kier molecular flexibility index (Phi) is 5.90. The van der Waals surface area contributed by atoms with Crippen LogP contribution in [0.4, 0.5) is 5.69 Å². The van der Waals surface area contributed by atoms with E-state index in [1.165, 1.54) is 24.1 Å². The van der Waals surface area contributed by atoms with Gasteiger partial charge in [0.1, 0.15) is 5.75 Å². The van der Waals surface area contributed by atoms with E-state index in [1.807, 2.05) is 19.1 Å². The number of methoxy groups -OCH3 is 1. The Morgan fingerprint density at radius 2 is 1.62 bits per heavy atom. The van der Waals surface area contributed by atoms with Crippen LogP contribution in [0.1, 0.15) is 34.1 Å². The molecular formula is C25H23NO6. The molecule has 2 aromatic carbocycles. The molecule has 2 amide bonds. The summed E-state index contributed by atoms with van der Waals surface area (Å²) in [6, 6.07) is 12.6. The molecular weight excluding hydrogens is 410 g/mol. The summed E-state index contributed by atoms with van der Waals surface area (Å²) >= 11 is 0. The van der Waals surface area contributed by atoms with Crippen molar-refractivity contribution in [1.82, 2.24) is 0 Å². The Morgan fingerprint density at radius 3 is 2.25 bits per heavy atom. The molecule has 164 valence electrons. The molecule has 2 aromatic rings. The SMILES string of the molecule is COc1ccc(C(=O)COC(=O)c2ccc(N3C(=O)C4CC=CC(C)C4C3=O)cc2)cc1. The standard InChI is InChI=1S/C25H23NO6/c1-15-4-3-5-20-22(15)24(29)26(23(20)28)18-10-6-17(7-11-18)25(30)32-14-21(27)16-8-12-19(31-2)13-9-16/h3-4,6-13,15,20,22H,5,14H2,1-2H3. The van der Waals surface area contributed by atoms with E-state index in [0.29, 0.717) is 23.4 Å². The number of carbonyl (C=O) groups is 4. The van der Waals surface area contributed by atoms with E-state index >= 15 is 0 Å². The van der Waals surface area contributed by atoms with Crippen LogP contribution in [0.15, 0.2) is 60.7 Å². The number of hydrogen-bond donors (Lipinski definition) is 0. The Bertz CT molecular complexity index is 1090. The average molecular weight is 433 g/mol. The molecule has 0 radical (unpaired) electrons. The number of carbonyl (C=O) groups excluding carboxylic acids is 4. The van der Waals surface area contributed by atoms with Crippen molar-refractivity contribution in [2.45, 2.75) is 13.3 Å². The summed E-state index contributed by atoms with van der Waals surface area (Å²) in [5.41, 5.74) is 1.06. The minimum Gasteiger partial charge on any atom is -0.497 e. The van der Waals surface area contributed by atoms with Crippen LogP contribution in [-0.4, -0.2) is 37.3 Å². The highest BCUT2D eigenvalue weighted by Gasteiger charge is 2.50. The highest BCUT2D eigenvalue weighted by atomic mass is 16.5. The number of hydrogen-bond acceptors (Lipinski definition) is 6. The van der Waals surface area contributed by atoms with Gasteiger partial charge in [-0.25, -0.2) is 4.79 Å². The molecule has 1 aliphatic carbocycles. The fourth-order valence-corrected chi connectivity index (χ4v) is 4.22. The Labute approximate surface area is 185 Å². The van der Waals surface area contributed by atoms with Crippen LogP contribution < -0.4 is 9.64 Å². The molecule has 32 heavy (non-hydrogen) atoms. The van der Waals surface area contributed by atoms with E-state index in [9.17, 15) is 19.2 Å². The van der Waals surface area contributed by atoms with Gasteiger partial charge in [-0.1, -0.05) is 19.1 Å². The van der Waals surface area contributed by atoms with Gasteiger partial charge in [-0.3, -0.25) is 19.3 Å². The Morgan fingerprint density at radius 1 is 0.969 bits per heavy atom. The number of ether oxygens (including phenoxy) is 2. The number of nitrogens with zero attached hydrogens (tertiary/aromatic N) is 1. The molecule has 0 saturated carbocycles. The molecule has 0 bridgehead atoms. The lowest BCUT2D eigenvalue weighted by atomic mass is 9.78. The Hall–Kier alpha value is -3.74. The monoisotopic (exact) mass is 433 g/mol. The van der Waals surface area contributed by atoms with E-state index in [4.69, 9.17) is 9.47 Å². The lowest BCUT2D eigenvalue weighted by Crippen LogP contribution is -2.31. The van der Waals surface area contributed by atoms with Crippen LogP contribution in [0, 0.1) is 17.8 Å². The predicted molar refractivity (Wildman–Crippen MR) is 116 cm³/mol. The predicted octanol–water partition coefficient (Wildman–Crippen LogP) is 3.44. The normalized spacial score (nSPS) is 21.9. The van der Waals surface area contributed by atoms with Crippen molar-refractivity contribution >= 4 is 29.3 Å². The number of allylic oxidation sites excluding steroid dienone is 2. The van der Waals surface area contributed by atoms with Crippen molar-refractivity contribution in [3.63, 3.8) is 0 Å². The van der Waals surface area contributed by atoms with Gasteiger partial charge in [0.05, 0.1) is 30.2 Å². The van der Waals surface area contributed by atoms with Crippen molar-refractivity contribution < 1.29 is 28.7 Å². The van der Waals surface area contributed by atoms with Gasteiger partial charge in [-0.15, -0.1) is 0 Å². The van der Waals surface area contributed by atoms with E-state index in [2.05, 4.69) is 0 Å². The number of esters is 1. The second-order valence-electron chi connectivity index (χ2n) is 7.94. The number of Topliss-reactive ketones (excluding diaryl/α,β-unsaturated/α-hetero) is 1. The molecule has 0 spiro atoms. The maximum absolute atomic E-state index is 12.9. The first kappa shape index (κ1) is 21.5. The van der Waals surface area contributed by atoms with E-state index < -0.39 is 12.6 Å². The topological polar surface area (TPSA) is 90.0 Å². The van der Waals surface area contributed by atoms with Gasteiger partial charge in [-0.2, -0.15) is 0 Å². The quantitative estimate of drug-likeness (QED) is 0.300. The third kappa shape index (κ3) is 3.93. The van der Waals surface area contributed by atoms with Gasteiger partial charge in [0, 0.05) is 5.56 Å². The zero-order chi connectivity index (χ0) is 22.8. The molecule has 3 unspecified atom stereocenters. The number of amides is 2. The minimum absolute atomic E-state index is 0.00712. The first-order valence-corrected chi connectivity index (χ1v) is 10.4. The molecule has 0 aromatic heterocycles. The summed E-state index contributed by atoms with van der Waals surface area (Å²) < 4.78 is 10.2. The molecule has 3 atom stereocenters. The number of imide groups is 1. The summed E-state index contributed by atoms with van der Waals surface area (Å²) in [4.78, 5) is 51.4. The largest absolute Gasteiger partial charge is 0.497 e. The van der Waals surface area contributed by atoms with Gasteiger partial charge < -0.3 is 9.47 Å². The summed E-state index contributed by atoms with van der Waals surface area (Å²) in [7, 11) is 1.53. The molecule has 1 aliphatic heterocycles. The number of fused-ring (bicyclic) bond motifs is 1.